The van der Waals surface area contributed by atoms with Crippen LogP contribution in [0.5, 0.6) is 0 Å². The zero-order chi connectivity index (χ0) is 7.28. The average molecular weight is 207 g/mol. The van der Waals surface area contributed by atoms with E-state index in [1.54, 1.807) is 11.3 Å². The molecule has 1 aromatic heterocycles. The molecule has 1 aromatic rings. The molecule has 0 aliphatic rings. The second-order valence-electron chi connectivity index (χ2n) is 1.40. The van der Waals surface area contributed by atoms with E-state index in [1.165, 1.54) is 10.0 Å². The Labute approximate surface area is 66.8 Å². The number of carbonyl (C=O) groups excluding carboxylic acids is 1. The molecule has 0 saturated carbocycles. The van der Waals surface area contributed by atoms with Crippen LogP contribution in [0.25, 0.3) is 0 Å². The largest absolute Gasteiger partial charge is 0.307 e. The maximum atomic E-state index is 8.00. The molecule has 1 rings (SSSR count). The molecule has 0 amide bonds. The summed E-state index contributed by atoms with van der Waals surface area (Å²) < 4.78 is 1.22. The van der Waals surface area contributed by atoms with Crippen molar-refractivity contribution in [1.82, 2.24) is 0 Å². The van der Waals surface area contributed by atoms with Crippen LogP contribution in [-0.2, 0) is 4.79 Å². The summed E-state index contributed by atoms with van der Waals surface area (Å²) in [5.41, 5.74) is 1.32. The van der Waals surface area contributed by atoms with Gasteiger partial charge >= 0.3 is 0 Å². The van der Waals surface area contributed by atoms with Gasteiger partial charge in [0.25, 0.3) is 0 Å². The Hall–Kier alpha value is -0.150. The number of thiophene rings is 1. The minimum absolute atomic E-state index is 1.22. The normalized spacial score (nSPS) is 7.78. The molecule has 9 heavy (non-hydrogen) atoms. The van der Waals surface area contributed by atoms with Crippen molar-refractivity contribution in [2.24, 2.45) is 0 Å². The van der Waals surface area contributed by atoms with Gasteiger partial charge in [0, 0.05) is 9.85 Å². The maximum Gasteiger partial charge on any atom is 0.106 e. The molecule has 0 fully saturated rings. The fraction of sp³-hybridized carbons (Fsp3) is 0.167. The Morgan fingerprint density at radius 1 is 1.56 bits per heavy atom. The Balaban J connectivity index is 0.000000291. The first-order valence-electron chi connectivity index (χ1n) is 2.28. The molecule has 1 nitrogen and oxygen atoms in total. The van der Waals surface area contributed by atoms with Crippen LogP contribution in [0.15, 0.2) is 15.2 Å². The lowest BCUT2D eigenvalue weighted by molar-refractivity contribution is -0.0979. The highest BCUT2D eigenvalue weighted by Gasteiger charge is 1.89. The predicted octanol–water partition coefficient (Wildman–Crippen LogP) is 2.63. The molecule has 0 unspecified atom stereocenters. The van der Waals surface area contributed by atoms with Crippen molar-refractivity contribution < 1.29 is 4.79 Å². The molecule has 0 saturated heterocycles. The number of hydrogen-bond donors (Lipinski definition) is 0. The first kappa shape index (κ1) is 8.85. The van der Waals surface area contributed by atoms with Gasteiger partial charge in [-0.15, -0.1) is 0 Å². The Morgan fingerprint density at radius 2 is 2.11 bits per heavy atom. The Bertz CT molecular complexity index is 157. The molecule has 0 atom stereocenters. The van der Waals surface area contributed by atoms with Gasteiger partial charge in [-0.05, 0) is 33.8 Å². The zero-order valence-corrected chi connectivity index (χ0v) is 7.46. The van der Waals surface area contributed by atoms with Gasteiger partial charge in [0.15, 0.2) is 0 Å². The summed E-state index contributed by atoms with van der Waals surface area (Å²) in [5.74, 6) is 0. The SMILES string of the molecule is C=O.Cc1cscc1Br. The quantitative estimate of drug-likeness (QED) is 0.639. The van der Waals surface area contributed by atoms with Crippen LogP contribution in [0, 0.1) is 6.92 Å². The van der Waals surface area contributed by atoms with Crippen molar-refractivity contribution in [3.05, 3.63) is 20.8 Å². The lowest BCUT2D eigenvalue weighted by Crippen LogP contribution is -1.56. The Kier molecular flexibility index (Phi) is 4.62. The van der Waals surface area contributed by atoms with Crippen LogP contribution in [-0.4, -0.2) is 6.79 Å². The van der Waals surface area contributed by atoms with E-state index in [9.17, 15) is 0 Å². The standard InChI is InChI=1S/C5H5BrS.CH2O/c1-4-2-7-3-5(4)6;1-2/h2-3H,1H3;1H2. The van der Waals surface area contributed by atoms with Gasteiger partial charge in [-0.25, -0.2) is 0 Å². The van der Waals surface area contributed by atoms with E-state index in [2.05, 4.69) is 33.6 Å². The summed E-state index contributed by atoms with van der Waals surface area (Å²) in [6.07, 6.45) is 0. The molecule has 1 heterocycles. The summed E-state index contributed by atoms with van der Waals surface area (Å²) in [4.78, 5) is 8.00. The van der Waals surface area contributed by atoms with E-state index in [1.807, 2.05) is 6.79 Å². The van der Waals surface area contributed by atoms with Gasteiger partial charge < -0.3 is 4.79 Å². The highest BCUT2D eigenvalue weighted by atomic mass is 79.9. The fourth-order valence-corrected chi connectivity index (χ4v) is 1.64. The van der Waals surface area contributed by atoms with Crippen molar-refractivity contribution in [3.8, 4) is 0 Å². The van der Waals surface area contributed by atoms with Crippen LogP contribution in [0.2, 0.25) is 0 Å². The summed E-state index contributed by atoms with van der Waals surface area (Å²) in [6, 6.07) is 0. The third-order valence-corrected chi connectivity index (χ3v) is 2.81. The van der Waals surface area contributed by atoms with Gasteiger partial charge in [0.2, 0.25) is 0 Å². The molecular formula is C6H7BrOS. The smallest absolute Gasteiger partial charge is 0.106 e. The van der Waals surface area contributed by atoms with Gasteiger partial charge in [-0.2, -0.15) is 11.3 Å². The van der Waals surface area contributed by atoms with Crippen molar-refractivity contribution >= 4 is 34.1 Å². The second-order valence-corrected chi connectivity index (χ2v) is 3.00. The number of carbonyl (C=O) groups is 1. The zero-order valence-electron chi connectivity index (χ0n) is 5.06. The number of rotatable bonds is 0. The summed E-state index contributed by atoms with van der Waals surface area (Å²) in [7, 11) is 0. The second kappa shape index (κ2) is 4.70. The monoisotopic (exact) mass is 206 g/mol. The minimum atomic E-state index is 1.22. The molecule has 50 valence electrons. The summed E-state index contributed by atoms with van der Waals surface area (Å²) >= 11 is 5.09. The lowest BCUT2D eigenvalue weighted by atomic mass is 10.4. The molecule has 0 spiro atoms. The van der Waals surface area contributed by atoms with Gasteiger partial charge in [0.1, 0.15) is 6.79 Å². The van der Waals surface area contributed by atoms with Crippen LogP contribution in [0.4, 0.5) is 0 Å². The average Bonchev–Trinajstić information content (AvgIpc) is 2.23. The van der Waals surface area contributed by atoms with Crippen molar-refractivity contribution in [2.75, 3.05) is 0 Å². The molecule has 0 bridgehead atoms. The van der Waals surface area contributed by atoms with Gasteiger partial charge in [-0.3, -0.25) is 0 Å². The molecule has 0 radical (unpaired) electrons. The third-order valence-electron chi connectivity index (χ3n) is 0.793. The first-order valence-corrected chi connectivity index (χ1v) is 4.01. The topological polar surface area (TPSA) is 17.1 Å². The number of halogens is 1. The number of aryl methyl sites for hydroxylation is 1. The van der Waals surface area contributed by atoms with Gasteiger partial charge in [-0.1, -0.05) is 0 Å². The Morgan fingerprint density at radius 3 is 2.22 bits per heavy atom. The first-order chi connectivity index (χ1) is 4.30. The highest BCUT2D eigenvalue weighted by Crippen LogP contribution is 2.19. The van der Waals surface area contributed by atoms with E-state index in [-0.39, 0.29) is 0 Å². The van der Waals surface area contributed by atoms with E-state index >= 15 is 0 Å². The molecular weight excluding hydrogens is 200 g/mol. The van der Waals surface area contributed by atoms with E-state index in [0.717, 1.165) is 0 Å². The number of hydrogen-bond acceptors (Lipinski definition) is 2. The van der Waals surface area contributed by atoms with Crippen LogP contribution < -0.4 is 0 Å². The molecule has 0 aliphatic carbocycles. The maximum absolute atomic E-state index is 8.00. The van der Waals surface area contributed by atoms with Crippen LogP contribution in [0.3, 0.4) is 0 Å². The molecule has 0 aromatic carbocycles. The lowest BCUT2D eigenvalue weighted by Gasteiger charge is -1.77. The highest BCUT2D eigenvalue weighted by molar-refractivity contribution is 9.10. The van der Waals surface area contributed by atoms with Crippen molar-refractivity contribution in [1.29, 1.82) is 0 Å². The van der Waals surface area contributed by atoms with Crippen molar-refractivity contribution in [2.45, 2.75) is 6.92 Å². The fourth-order valence-electron chi connectivity index (χ4n) is 0.345. The van der Waals surface area contributed by atoms with Gasteiger partial charge in [0.05, 0.1) is 0 Å². The molecule has 0 N–H and O–H groups in total. The minimum Gasteiger partial charge on any atom is -0.307 e. The van der Waals surface area contributed by atoms with E-state index < -0.39 is 0 Å². The van der Waals surface area contributed by atoms with E-state index in [0.29, 0.717) is 0 Å². The summed E-state index contributed by atoms with van der Waals surface area (Å²) in [5, 5.41) is 4.19. The predicted molar refractivity (Wildman–Crippen MR) is 43.9 cm³/mol. The summed E-state index contributed by atoms with van der Waals surface area (Å²) in [6.45, 7) is 4.08. The van der Waals surface area contributed by atoms with Crippen LogP contribution >= 0.6 is 27.3 Å². The third kappa shape index (κ3) is 2.77. The van der Waals surface area contributed by atoms with E-state index in [4.69, 9.17) is 4.79 Å². The molecule has 3 heteroatoms. The molecule has 0 aliphatic heterocycles. The van der Waals surface area contributed by atoms with Crippen LogP contribution in [0.1, 0.15) is 5.56 Å². The van der Waals surface area contributed by atoms with Crippen molar-refractivity contribution in [3.63, 3.8) is 0 Å².